The molecule has 3 heteroatoms. The van der Waals surface area contributed by atoms with Crippen LogP contribution < -0.4 is 0 Å². The van der Waals surface area contributed by atoms with Crippen LogP contribution >= 0.6 is 0 Å². The molecule has 0 aromatic heterocycles. The molecule has 0 spiro atoms. The molecular formula is C23H29NO2. The molecule has 0 N–H and O–H groups in total. The summed E-state index contributed by atoms with van der Waals surface area (Å²) < 4.78 is 5.50. The third kappa shape index (κ3) is 5.26. The smallest absolute Gasteiger partial charge is 0.191 e. The number of piperidine rings is 1. The highest BCUT2D eigenvalue weighted by molar-refractivity contribution is 5.99. The number of likely N-dealkylation sites (tertiary alicyclic amines) is 1. The highest BCUT2D eigenvalue weighted by atomic mass is 16.5. The first-order chi connectivity index (χ1) is 12.8. The van der Waals surface area contributed by atoms with Crippen LogP contribution in [0.4, 0.5) is 0 Å². The Bertz CT molecular complexity index is 663. The van der Waals surface area contributed by atoms with Crippen LogP contribution in [0.15, 0.2) is 60.7 Å². The molecule has 1 aliphatic heterocycles. The summed E-state index contributed by atoms with van der Waals surface area (Å²) in [5.41, 5.74) is 2.14. The van der Waals surface area contributed by atoms with Crippen molar-refractivity contribution in [2.45, 2.75) is 38.3 Å². The Morgan fingerprint density at radius 1 is 1.04 bits per heavy atom. The maximum absolute atomic E-state index is 12.6. The number of ketones is 1. The lowest BCUT2D eigenvalue weighted by Gasteiger charge is -2.32. The van der Waals surface area contributed by atoms with Crippen molar-refractivity contribution in [2.24, 2.45) is 5.92 Å². The molecule has 3 nitrogen and oxygen atoms in total. The van der Waals surface area contributed by atoms with Crippen molar-refractivity contribution in [3.8, 4) is 0 Å². The van der Waals surface area contributed by atoms with E-state index in [9.17, 15) is 4.79 Å². The predicted molar refractivity (Wildman–Crippen MR) is 105 cm³/mol. The van der Waals surface area contributed by atoms with Gasteiger partial charge in [-0.15, -0.1) is 0 Å². The van der Waals surface area contributed by atoms with Gasteiger partial charge in [0, 0.05) is 19.2 Å². The van der Waals surface area contributed by atoms with Gasteiger partial charge in [-0.1, -0.05) is 60.7 Å². The van der Waals surface area contributed by atoms with Crippen LogP contribution in [0.1, 0.15) is 41.6 Å². The molecule has 2 aromatic carbocycles. The number of hydrogen-bond acceptors (Lipinski definition) is 3. The molecule has 1 fully saturated rings. The lowest BCUT2D eigenvalue weighted by molar-refractivity contribution is 0.0542. The van der Waals surface area contributed by atoms with Gasteiger partial charge in [0.25, 0.3) is 0 Å². The molecule has 138 valence electrons. The largest absolute Gasteiger partial charge is 0.373 e. The first-order valence-electron chi connectivity index (χ1n) is 9.64. The monoisotopic (exact) mass is 351 g/mol. The number of carbonyl (C=O) groups is 1. The van der Waals surface area contributed by atoms with Crippen molar-refractivity contribution in [2.75, 3.05) is 20.2 Å². The van der Waals surface area contributed by atoms with Crippen molar-refractivity contribution in [1.82, 2.24) is 4.90 Å². The highest BCUT2D eigenvalue weighted by Crippen LogP contribution is 2.25. The Labute approximate surface area is 157 Å². The van der Waals surface area contributed by atoms with E-state index in [0.717, 1.165) is 38.0 Å². The molecule has 0 saturated carbocycles. The SMILES string of the molecule is COC(CCC1CCN(Cc2ccccc2)CC1)C(=O)c1ccccc1. The molecule has 2 aromatic rings. The average Bonchev–Trinajstić information content (AvgIpc) is 2.71. The molecule has 1 aliphatic rings. The quantitative estimate of drug-likeness (QED) is 0.652. The van der Waals surface area contributed by atoms with Crippen molar-refractivity contribution in [3.63, 3.8) is 0 Å². The maximum atomic E-state index is 12.6. The summed E-state index contributed by atoms with van der Waals surface area (Å²) in [4.78, 5) is 15.1. The summed E-state index contributed by atoms with van der Waals surface area (Å²) in [5, 5.41) is 0. The van der Waals surface area contributed by atoms with E-state index in [1.54, 1.807) is 7.11 Å². The first kappa shape index (κ1) is 18.8. The summed E-state index contributed by atoms with van der Waals surface area (Å²) in [5.74, 6) is 0.804. The number of rotatable bonds is 8. The zero-order chi connectivity index (χ0) is 18.2. The molecule has 1 heterocycles. The number of nitrogens with zero attached hydrogens (tertiary/aromatic N) is 1. The zero-order valence-corrected chi connectivity index (χ0v) is 15.6. The zero-order valence-electron chi connectivity index (χ0n) is 15.6. The van der Waals surface area contributed by atoms with Crippen molar-refractivity contribution in [3.05, 3.63) is 71.8 Å². The Morgan fingerprint density at radius 3 is 2.27 bits per heavy atom. The van der Waals surface area contributed by atoms with E-state index in [0.29, 0.717) is 5.92 Å². The van der Waals surface area contributed by atoms with Crippen molar-refractivity contribution < 1.29 is 9.53 Å². The molecule has 26 heavy (non-hydrogen) atoms. The standard InChI is InChI=1S/C23H29NO2/c1-26-22(23(25)21-10-6-3-7-11-21)13-12-19-14-16-24(17-15-19)18-20-8-4-2-5-9-20/h2-11,19,22H,12-18H2,1H3. The van der Waals surface area contributed by atoms with E-state index in [1.807, 2.05) is 30.3 Å². The Balaban J connectivity index is 1.43. The van der Waals surface area contributed by atoms with E-state index in [-0.39, 0.29) is 11.9 Å². The van der Waals surface area contributed by atoms with Gasteiger partial charge in [-0.3, -0.25) is 9.69 Å². The van der Waals surface area contributed by atoms with Gasteiger partial charge in [0.05, 0.1) is 0 Å². The molecule has 1 atom stereocenters. The fourth-order valence-electron chi connectivity index (χ4n) is 3.81. The molecule has 0 bridgehead atoms. The summed E-state index contributed by atoms with van der Waals surface area (Å²) in [7, 11) is 1.65. The van der Waals surface area contributed by atoms with Crippen LogP contribution in [-0.4, -0.2) is 37.0 Å². The molecule has 1 unspecified atom stereocenters. The first-order valence-corrected chi connectivity index (χ1v) is 9.64. The second-order valence-electron chi connectivity index (χ2n) is 7.24. The number of benzene rings is 2. The molecular weight excluding hydrogens is 322 g/mol. The van der Waals surface area contributed by atoms with Gasteiger partial charge in [0.1, 0.15) is 6.10 Å². The van der Waals surface area contributed by atoms with E-state index in [2.05, 4.69) is 35.2 Å². The van der Waals surface area contributed by atoms with Crippen LogP contribution in [0.25, 0.3) is 0 Å². The summed E-state index contributed by atoms with van der Waals surface area (Å²) in [6, 6.07) is 20.2. The van der Waals surface area contributed by atoms with Crippen molar-refractivity contribution in [1.29, 1.82) is 0 Å². The second-order valence-corrected chi connectivity index (χ2v) is 7.24. The Morgan fingerprint density at radius 2 is 1.65 bits per heavy atom. The van der Waals surface area contributed by atoms with Crippen LogP contribution in [0.3, 0.4) is 0 Å². The minimum atomic E-state index is -0.320. The Hall–Kier alpha value is -1.97. The van der Waals surface area contributed by atoms with Crippen LogP contribution in [0.2, 0.25) is 0 Å². The van der Waals surface area contributed by atoms with Gasteiger partial charge in [-0.25, -0.2) is 0 Å². The minimum Gasteiger partial charge on any atom is -0.373 e. The van der Waals surface area contributed by atoms with E-state index in [1.165, 1.54) is 18.4 Å². The summed E-state index contributed by atoms with van der Waals surface area (Å²) in [6.07, 6.45) is 3.98. The van der Waals surface area contributed by atoms with Gasteiger partial charge >= 0.3 is 0 Å². The third-order valence-corrected chi connectivity index (χ3v) is 5.43. The average molecular weight is 351 g/mol. The minimum absolute atomic E-state index is 0.106. The van der Waals surface area contributed by atoms with E-state index in [4.69, 9.17) is 4.74 Å². The number of carbonyl (C=O) groups excluding carboxylic acids is 1. The van der Waals surface area contributed by atoms with E-state index < -0.39 is 0 Å². The molecule has 1 saturated heterocycles. The fourth-order valence-corrected chi connectivity index (χ4v) is 3.81. The summed E-state index contributed by atoms with van der Waals surface area (Å²) >= 11 is 0. The van der Waals surface area contributed by atoms with Gasteiger partial charge < -0.3 is 4.74 Å². The number of ether oxygens (including phenoxy) is 1. The molecule has 0 amide bonds. The predicted octanol–water partition coefficient (Wildman–Crippen LogP) is 4.58. The normalized spacial score (nSPS) is 17.1. The maximum Gasteiger partial charge on any atom is 0.191 e. The lowest BCUT2D eigenvalue weighted by atomic mass is 9.89. The molecule has 0 radical (unpaired) electrons. The van der Waals surface area contributed by atoms with Gasteiger partial charge in [0.15, 0.2) is 5.78 Å². The van der Waals surface area contributed by atoms with Crippen LogP contribution in [0.5, 0.6) is 0 Å². The number of methoxy groups -OCH3 is 1. The van der Waals surface area contributed by atoms with Gasteiger partial charge in [-0.05, 0) is 50.3 Å². The third-order valence-electron chi connectivity index (χ3n) is 5.43. The fraction of sp³-hybridized carbons (Fsp3) is 0.435. The Kier molecular flexibility index (Phi) is 6.98. The van der Waals surface area contributed by atoms with Crippen LogP contribution in [-0.2, 0) is 11.3 Å². The summed E-state index contributed by atoms with van der Waals surface area (Å²) in [6.45, 7) is 3.33. The number of Topliss-reactive ketones (excluding diaryl/α,β-unsaturated/α-hetero) is 1. The van der Waals surface area contributed by atoms with Crippen LogP contribution in [0, 0.1) is 5.92 Å². The van der Waals surface area contributed by atoms with Gasteiger partial charge in [-0.2, -0.15) is 0 Å². The topological polar surface area (TPSA) is 29.5 Å². The highest BCUT2D eigenvalue weighted by Gasteiger charge is 2.24. The lowest BCUT2D eigenvalue weighted by Crippen LogP contribution is -2.34. The van der Waals surface area contributed by atoms with Gasteiger partial charge in [0.2, 0.25) is 0 Å². The molecule has 3 rings (SSSR count). The van der Waals surface area contributed by atoms with E-state index >= 15 is 0 Å². The second kappa shape index (κ2) is 9.65. The van der Waals surface area contributed by atoms with Crippen molar-refractivity contribution >= 4 is 5.78 Å². The number of hydrogen-bond donors (Lipinski definition) is 0. The molecule has 0 aliphatic carbocycles.